The molecule has 0 bridgehead atoms. The number of hydrogen-bond acceptors (Lipinski definition) is 3. The Morgan fingerprint density at radius 1 is 1.05 bits per heavy atom. The number of unbranched alkanes of at least 4 members (excludes halogenated alkanes) is 5. The van der Waals surface area contributed by atoms with Gasteiger partial charge in [0.1, 0.15) is 0 Å². The third-order valence-corrected chi connectivity index (χ3v) is 2.98. The van der Waals surface area contributed by atoms with Crippen LogP contribution in [0.1, 0.15) is 58.8 Å². The van der Waals surface area contributed by atoms with Crippen LogP contribution in [0.25, 0.3) is 0 Å². The fraction of sp³-hybridized carbons (Fsp3) is 0.857. The van der Waals surface area contributed by atoms with Crippen molar-refractivity contribution in [1.29, 1.82) is 0 Å². The third kappa shape index (κ3) is 11.8. The number of carbonyl (C=O) groups is 2. The number of nitrogens with one attached hydrogen (secondary N) is 2. The lowest BCUT2D eigenvalue weighted by molar-refractivity contribution is -0.141. The Morgan fingerprint density at radius 2 is 1.65 bits per heavy atom. The predicted molar refractivity (Wildman–Crippen MR) is 77.7 cm³/mol. The van der Waals surface area contributed by atoms with Crippen LogP contribution in [0.15, 0.2) is 0 Å². The SMILES string of the molecule is CCCCCCCCNC(=O)NCC(C)(O)CC(=O)O. The molecule has 0 rings (SSSR count). The topological polar surface area (TPSA) is 98.7 Å². The first-order chi connectivity index (χ1) is 9.37. The van der Waals surface area contributed by atoms with Crippen LogP contribution in [0.4, 0.5) is 4.79 Å². The summed E-state index contributed by atoms with van der Waals surface area (Å²) >= 11 is 0. The van der Waals surface area contributed by atoms with Crippen molar-refractivity contribution in [3.05, 3.63) is 0 Å². The Labute approximate surface area is 120 Å². The van der Waals surface area contributed by atoms with E-state index in [1.54, 1.807) is 0 Å². The number of urea groups is 1. The molecular formula is C14H28N2O4. The molecule has 0 aromatic rings. The van der Waals surface area contributed by atoms with Crippen LogP contribution in [-0.2, 0) is 4.79 Å². The Balaban J connectivity index is 3.56. The summed E-state index contributed by atoms with van der Waals surface area (Å²) in [5.74, 6) is -1.09. The quantitative estimate of drug-likeness (QED) is 0.436. The van der Waals surface area contributed by atoms with E-state index in [1.165, 1.54) is 32.6 Å². The minimum Gasteiger partial charge on any atom is -0.481 e. The van der Waals surface area contributed by atoms with E-state index in [0.29, 0.717) is 6.54 Å². The molecule has 0 aromatic carbocycles. The monoisotopic (exact) mass is 288 g/mol. The van der Waals surface area contributed by atoms with Crippen molar-refractivity contribution in [2.24, 2.45) is 0 Å². The van der Waals surface area contributed by atoms with Gasteiger partial charge in [0.25, 0.3) is 0 Å². The Hall–Kier alpha value is -1.30. The number of rotatable bonds is 11. The van der Waals surface area contributed by atoms with Crippen LogP contribution < -0.4 is 10.6 Å². The molecule has 1 unspecified atom stereocenters. The van der Waals surface area contributed by atoms with E-state index in [9.17, 15) is 14.7 Å². The fourth-order valence-electron chi connectivity index (χ4n) is 1.83. The Morgan fingerprint density at radius 3 is 2.25 bits per heavy atom. The van der Waals surface area contributed by atoms with Crippen molar-refractivity contribution < 1.29 is 19.8 Å². The van der Waals surface area contributed by atoms with Crippen molar-refractivity contribution in [3.8, 4) is 0 Å². The Kier molecular flexibility index (Phi) is 9.80. The predicted octanol–water partition coefficient (Wildman–Crippen LogP) is 1.87. The second-order valence-electron chi connectivity index (χ2n) is 5.44. The van der Waals surface area contributed by atoms with Gasteiger partial charge in [0.05, 0.1) is 12.0 Å². The lowest BCUT2D eigenvalue weighted by Gasteiger charge is -2.21. The van der Waals surface area contributed by atoms with E-state index in [2.05, 4.69) is 17.6 Å². The zero-order chi connectivity index (χ0) is 15.4. The maximum Gasteiger partial charge on any atom is 0.314 e. The first-order valence-corrected chi connectivity index (χ1v) is 7.33. The van der Waals surface area contributed by atoms with Gasteiger partial charge in [-0.25, -0.2) is 4.79 Å². The number of hydrogen-bond donors (Lipinski definition) is 4. The number of carboxylic acid groups (broad SMARTS) is 1. The van der Waals surface area contributed by atoms with Gasteiger partial charge >= 0.3 is 12.0 Å². The maximum atomic E-state index is 11.4. The summed E-state index contributed by atoms with van der Waals surface area (Å²) in [7, 11) is 0. The molecule has 6 heteroatoms. The molecule has 2 amide bonds. The van der Waals surface area contributed by atoms with Crippen LogP contribution in [0.5, 0.6) is 0 Å². The van der Waals surface area contributed by atoms with Gasteiger partial charge in [0.2, 0.25) is 0 Å². The molecule has 20 heavy (non-hydrogen) atoms. The first kappa shape index (κ1) is 18.7. The molecule has 0 fully saturated rings. The largest absolute Gasteiger partial charge is 0.481 e. The lowest BCUT2D eigenvalue weighted by Crippen LogP contribution is -2.46. The highest BCUT2D eigenvalue weighted by Gasteiger charge is 2.24. The van der Waals surface area contributed by atoms with Gasteiger partial charge in [-0.1, -0.05) is 39.0 Å². The van der Waals surface area contributed by atoms with E-state index < -0.39 is 18.0 Å². The number of amides is 2. The summed E-state index contributed by atoms with van der Waals surface area (Å²) in [6.07, 6.45) is 6.53. The summed E-state index contributed by atoms with van der Waals surface area (Å²) in [6, 6.07) is -0.371. The zero-order valence-corrected chi connectivity index (χ0v) is 12.6. The van der Waals surface area contributed by atoms with Crippen LogP contribution in [-0.4, -0.2) is 40.9 Å². The minimum absolute atomic E-state index is 0.0817. The molecule has 1 atom stereocenters. The van der Waals surface area contributed by atoms with Gasteiger partial charge in [-0.3, -0.25) is 4.79 Å². The van der Waals surface area contributed by atoms with Crippen molar-refractivity contribution in [3.63, 3.8) is 0 Å². The van der Waals surface area contributed by atoms with Crippen LogP contribution in [0.3, 0.4) is 0 Å². The maximum absolute atomic E-state index is 11.4. The van der Waals surface area contributed by atoms with E-state index >= 15 is 0 Å². The van der Waals surface area contributed by atoms with E-state index in [-0.39, 0.29) is 12.6 Å². The van der Waals surface area contributed by atoms with Gasteiger partial charge in [0, 0.05) is 13.1 Å². The molecule has 0 saturated heterocycles. The summed E-state index contributed by atoms with van der Waals surface area (Å²) in [5, 5.41) is 23.5. The van der Waals surface area contributed by atoms with Crippen molar-refractivity contribution in [2.45, 2.75) is 64.4 Å². The number of carbonyl (C=O) groups excluding carboxylic acids is 1. The Bertz CT molecular complexity index is 293. The lowest BCUT2D eigenvalue weighted by atomic mass is 10.0. The summed E-state index contributed by atoms with van der Waals surface area (Å²) in [6.45, 7) is 4.07. The molecule has 118 valence electrons. The molecule has 0 aliphatic carbocycles. The van der Waals surface area contributed by atoms with E-state index in [1.807, 2.05) is 0 Å². The first-order valence-electron chi connectivity index (χ1n) is 7.33. The molecule has 6 nitrogen and oxygen atoms in total. The van der Waals surface area contributed by atoms with Gasteiger partial charge in [-0.05, 0) is 13.3 Å². The highest BCUT2D eigenvalue weighted by molar-refractivity contribution is 5.74. The number of aliphatic carboxylic acids is 1. The average molecular weight is 288 g/mol. The van der Waals surface area contributed by atoms with Crippen molar-refractivity contribution in [1.82, 2.24) is 10.6 Å². The van der Waals surface area contributed by atoms with Crippen LogP contribution >= 0.6 is 0 Å². The number of carboxylic acids is 1. The molecule has 0 aliphatic heterocycles. The zero-order valence-electron chi connectivity index (χ0n) is 12.6. The van der Waals surface area contributed by atoms with Gasteiger partial charge in [-0.2, -0.15) is 0 Å². The molecule has 0 spiro atoms. The standard InChI is InChI=1S/C14H28N2O4/c1-3-4-5-6-7-8-9-15-13(19)16-11-14(2,20)10-12(17)18/h20H,3-11H2,1-2H3,(H,17,18)(H2,15,16,19). The summed E-state index contributed by atoms with van der Waals surface area (Å²) in [4.78, 5) is 21.9. The van der Waals surface area contributed by atoms with E-state index in [4.69, 9.17) is 5.11 Å². The fourth-order valence-corrected chi connectivity index (χ4v) is 1.83. The highest BCUT2D eigenvalue weighted by atomic mass is 16.4. The van der Waals surface area contributed by atoms with Crippen molar-refractivity contribution in [2.75, 3.05) is 13.1 Å². The second-order valence-corrected chi connectivity index (χ2v) is 5.44. The second kappa shape index (κ2) is 10.5. The molecular weight excluding hydrogens is 260 g/mol. The summed E-state index contributed by atoms with van der Waals surface area (Å²) < 4.78 is 0. The van der Waals surface area contributed by atoms with E-state index in [0.717, 1.165) is 12.8 Å². The summed E-state index contributed by atoms with van der Waals surface area (Å²) in [5.41, 5.74) is -1.43. The van der Waals surface area contributed by atoms with Gasteiger partial charge < -0.3 is 20.8 Å². The highest BCUT2D eigenvalue weighted by Crippen LogP contribution is 2.07. The molecule has 4 N–H and O–H groups in total. The number of aliphatic hydroxyl groups is 1. The smallest absolute Gasteiger partial charge is 0.314 e. The van der Waals surface area contributed by atoms with Crippen LogP contribution in [0.2, 0.25) is 0 Å². The molecule has 0 saturated carbocycles. The average Bonchev–Trinajstić information content (AvgIpc) is 2.34. The third-order valence-electron chi connectivity index (χ3n) is 2.98. The molecule has 0 aliphatic rings. The normalized spacial score (nSPS) is 13.6. The van der Waals surface area contributed by atoms with Gasteiger partial charge in [-0.15, -0.1) is 0 Å². The van der Waals surface area contributed by atoms with Crippen LogP contribution in [0, 0.1) is 0 Å². The minimum atomic E-state index is -1.43. The molecule has 0 heterocycles. The molecule has 0 aromatic heterocycles. The van der Waals surface area contributed by atoms with Gasteiger partial charge in [0.15, 0.2) is 0 Å². The molecule has 0 radical (unpaired) electrons. The van der Waals surface area contributed by atoms with Crippen molar-refractivity contribution >= 4 is 12.0 Å².